The number of ether oxygens (including phenoxy) is 1. The molecule has 0 aliphatic carbocycles. The summed E-state index contributed by atoms with van der Waals surface area (Å²) in [7, 11) is 2.17. The van der Waals surface area contributed by atoms with Crippen LogP contribution in [0.1, 0.15) is 43.2 Å². The number of aromatic nitrogens is 4. The van der Waals surface area contributed by atoms with Crippen molar-refractivity contribution in [2.75, 3.05) is 51.2 Å². The zero-order valence-corrected chi connectivity index (χ0v) is 25.7. The zero-order valence-electron chi connectivity index (χ0n) is 25.7. The Hall–Kier alpha value is -4.21. The highest BCUT2D eigenvalue weighted by Gasteiger charge is 2.38. The van der Waals surface area contributed by atoms with Crippen LogP contribution < -0.4 is 15.6 Å². The number of fused-ring (bicyclic) bond motifs is 2. The van der Waals surface area contributed by atoms with Crippen LogP contribution in [-0.4, -0.2) is 88.2 Å². The molecule has 3 aromatic rings. The standard InChI is InChI=1S/C16H13F5N6O.C7H12FN.C7H11NO/c1-6-4-8(22)24-12(9(6)16(18,19)20)13-10(17)11-7(5-23-13)14(27(2)21)26-15(25-11)28-3;8-6-4-7-2-1-3-9(7)5-6;1-2-7(9)8-5-3-4-6-8/h4-5H,1-3H3,(H2,22,24);6-7H,1-5H2;2H,1,3-6H2. The molecular formula is C30H36F6N8O2. The number of likely N-dealkylation sites (tertiary alicyclic amines) is 1. The molecule has 3 saturated heterocycles. The summed E-state index contributed by atoms with van der Waals surface area (Å²) in [6.45, 7) is 8.29. The van der Waals surface area contributed by atoms with Gasteiger partial charge in [-0.05, 0) is 63.3 Å². The lowest BCUT2D eigenvalue weighted by atomic mass is 10.0. The van der Waals surface area contributed by atoms with Gasteiger partial charge in [0.25, 0.3) is 0 Å². The Kier molecular flexibility index (Phi) is 10.9. The van der Waals surface area contributed by atoms with Gasteiger partial charge in [-0.1, -0.05) is 11.1 Å². The van der Waals surface area contributed by atoms with Crippen molar-refractivity contribution in [1.82, 2.24) is 29.7 Å². The first kappa shape index (κ1) is 34.7. The Morgan fingerprint density at radius 2 is 1.85 bits per heavy atom. The molecule has 0 bridgehead atoms. The van der Waals surface area contributed by atoms with Gasteiger partial charge in [0.1, 0.15) is 28.9 Å². The van der Waals surface area contributed by atoms with Crippen LogP contribution in [0.3, 0.4) is 0 Å². The van der Waals surface area contributed by atoms with Gasteiger partial charge in [0, 0.05) is 38.9 Å². The van der Waals surface area contributed by atoms with Gasteiger partial charge in [0.05, 0.1) is 18.1 Å². The van der Waals surface area contributed by atoms with Gasteiger partial charge in [-0.2, -0.15) is 28.3 Å². The molecule has 2 unspecified atom stereocenters. The molecule has 3 aliphatic rings. The van der Waals surface area contributed by atoms with Gasteiger partial charge in [0.15, 0.2) is 11.6 Å². The van der Waals surface area contributed by atoms with E-state index in [9.17, 15) is 26.8 Å². The van der Waals surface area contributed by atoms with Crippen LogP contribution in [0.5, 0.6) is 6.01 Å². The van der Waals surface area contributed by atoms with E-state index in [2.05, 4.69) is 31.4 Å². The summed E-state index contributed by atoms with van der Waals surface area (Å²) in [5.41, 5.74) is 2.11. The summed E-state index contributed by atoms with van der Waals surface area (Å²) in [6, 6.07) is 1.25. The van der Waals surface area contributed by atoms with E-state index in [-0.39, 0.29) is 39.6 Å². The number of anilines is 2. The molecule has 6 rings (SSSR count). The fourth-order valence-electron chi connectivity index (χ4n) is 5.83. The second-order valence-corrected chi connectivity index (χ2v) is 11.1. The molecule has 0 aromatic carbocycles. The van der Waals surface area contributed by atoms with Crippen molar-refractivity contribution in [3.8, 4) is 17.4 Å². The quantitative estimate of drug-likeness (QED) is 0.223. The first-order chi connectivity index (χ1) is 21.7. The van der Waals surface area contributed by atoms with E-state index >= 15 is 4.39 Å². The fourth-order valence-corrected chi connectivity index (χ4v) is 5.83. The Morgan fingerprint density at radius 1 is 1.15 bits per heavy atom. The third-order valence-electron chi connectivity index (χ3n) is 7.91. The van der Waals surface area contributed by atoms with Crippen LogP contribution in [-0.2, 0) is 11.0 Å². The van der Waals surface area contributed by atoms with E-state index in [4.69, 9.17) is 10.5 Å². The molecule has 0 radical (unpaired) electrons. The SMILES string of the molecule is C=CC(=O)N1CCCC1.COc1nc(N(C)F)c2cnc(-c3nc(N)cc(C)c3C(F)(F)F)c(F)c2n1.FC1CC2CCCN2C1. The molecule has 46 heavy (non-hydrogen) atoms. The van der Waals surface area contributed by atoms with Crippen molar-refractivity contribution >= 4 is 28.4 Å². The predicted molar refractivity (Wildman–Crippen MR) is 161 cm³/mol. The normalized spacial score (nSPS) is 19.2. The monoisotopic (exact) mass is 654 g/mol. The summed E-state index contributed by atoms with van der Waals surface area (Å²) in [6.07, 6.45) is 2.62. The molecule has 1 amide bonds. The lowest BCUT2D eigenvalue weighted by molar-refractivity contribution is -0.137. The number of methoxy groups -OCH3 is 1. The van der Waals surface area contributed by atoms with Gasteiger partial charge in [-0.15, -0.1) is 0 Å². The average Bonchev–Trinajstić information content (AvgIpc) is 3.75. The van der Waals surface area contributed by atoms with E-state index in [1.54, 1.807) is 0 Å². The van der Waals surface area contributed by atoms with Crippen molar-refractivity contribution in [1.29, 1.82) is 0 Å². The highest BCUT2D eigenvalue weighted by molar-refractivity contribution is 5.91. The van der Waals surface area contributed by atoms with Crippen molar-refractivity contribution < 1.29 is 36.0 Å². The van der Waals surface area contributed by atoms with Crippen molar-refractivity contribution in [2.24, 2.45) is 0 Å². The molecule has 0 spiro atoms. The molecular weight excluding hydrogens is 618 g/mol. The molecule has 3 aliphatic heterocycles. The predicted octanol–water partition coefficient (Wildman–Crippen LogP) is 5.45. The maximum absolute atomic E-state index is 15.1. The number of carbonyl (C=O) groups excluding carboxylic acids is 1. The summed E-state index contributed by atoms with van der Waals surface area (Å²) in [5.74, 6) is -1.78. The molecule has 3 fully saturated rings. The molecule has 16 heteroatoms. The number of pyridine rings is 2. The van der Waals surface area contributed by atoms with Gasteiger partial charge in [0.2, 0.25) is 5.91 Å². The third kappa shape index (κ3) is 7.77. The minimum Gasteiger partial charge on any atom is -0.467 e. The number of rotatable bonds is 4. The van der Waals surface area contributed by atoms with Crippen LogP contribution in [0, 0.1) is 12.7 Å². The Morgan fingerprint density at radius 3 is 2.43 bits per heavy atom. The van der Waals surface area contributed by atoms with E-state index in [1.165, 1.54) is 33.0 Å². The van der Waals surface area contributed by atoms with Crippen LogP contribution in [0.4, 0.5) is 38.1 Å². The number of nitrogens with two attached hydrogens (primary N) is 1. The maximum Gasteiger partial charge on any atom is 0.418 e. The summed E-state index contributed by atoms with van der Waals surface area (Å²) in [4.78, 5) is 29.8. The van der Waals surface area contributed by atoms with Gasteiger partial charge >= 0.3 is 12.2 Å². The van der Waals surface area contributed by atoms with E-state index in [1.807, 2.05) is 4.90 Å². The van der Waals surface area contributed by atoms with Crippen molar-refractivity contribution in [3.05, 3.63) is 41.9 Å². The van der Waals surface area contributed by atoms with E-state index in [0.717, 1.165) is 58.2 Å². The average molecular weight is 655 g/mol. The zero-order chi connectivity index (χ0) is 33.8. The molecule has 2 atom stereocenters. The lowest BCUT2D eigenvalue weighted by Crippen LogP contribution is -2.25. The highest BCUT2D eigenvalue weighted by Crippen LogP contribution is 2.40. The topological polar surface area (TPSA) is 114 Å². The van der Waals surface area contributed by atoms with Gasteiger partial charge in [-0.3, -0.25) is 14.7 Å². The Labute approximate surface area is 262 Å². The molecule has 3 aromatic heterocycles. The van der Waals surface area contributed by atoms with Crippen LogP contribution in [0.2, 0.25) is 0 Å². The molecule has 0 saturated carbocycles. The van der Waals surface area contributed by atoms with Gasteiger partial charge < -0.3 is 15.4 Å². The van der Waals surface area contributed by atoms with Gasteiger partial charge in [-0.25, -0.2) is 13.8 Å². The van der Waals surface area contributed by atoms with Crippen LogP contribution in [0.15, 0.2) is 24.9 Å². The minimum absolute atomic E-state index is 0.0764. The second kappa shape index (κ2) is 14.5. The summed E-state index contributed by atoms with van der Waals surface area (Å²) in [5, 5.41) is -0.0848. The number of hydrogen-bond acceptors (Lipinski definition) is 9. The lowest BCUT2D eigenvalue weighted by Gasteiger charge is -2.16. The van der Waals surface area contributed by atoms with Crippen LogP contribution >= 0.6 is 0 Å². The van der Waals surface area contributed by atoms with E-state index < -0.39 is 40.6 Å². The number of halogens is 6. The number of nitrogens with zero attached hydrogens (tertiary/aromatic N) is 7. The number of carbonyl (C=O) groups is 1. The number of alkyl halides is 4. The molecule has 10 nitrogen and oxygen atoms in total. The first-order valence-corrected chi connectivity index (χ1v) is 14.7. The highest BCUT2D eigenvalue weighted by atomic mass is 19.4. The van der Waals surface area contributed by atoms with Crippen molar-refractivity contribution in [3.63, 3.8) is 0 Å². The smallest absolute Gasteiger partial charge is 0.418 e. The van der Waals surface area contributed by atoms with Crippen molar-refractivity contribution in [2.45, 2.75) is 57.4 Å². The fraction of sp³-hybridized carbons (Fsp3) is 0.500. The largest absolute Gasteiger partial charge is 0.467 e. The number of amides is 1. The van der Waals surface area contributed by atoms with Crippen LogP contribution in [0.25, 0.3) is 22.3 Å². The second-order valence-electron chi connectivity index (χ2n) is 11.1. The summed E-state index contributed by atoms with van der Waals surface area (Å²) < 4.78 is 86.9. The number of nitrogen functional groups attached to an aromatic ring is 1. The first-order valence-electron chi connectivity index (χ1n) is 14.7. The Balaban J connectivity index is 0.000000214. The molecule has 6 heterocycles. The molecule has 250 valence electrons. The third-order valence-corrected chi connectivity index (χ3v) is 7.91. The number of hydrogen-bond donors (Lipinski definition) is 1. The molecule has 2 N–H and O–H groups in total. The Bertz CT molecular complexity index is 1550. The number of aryl methyl sites for hydroxylation is 1. The maximum atomic E-state index is 15.1. The summed E-state index contributed by atoms with van der Waals surface area (Å²) >= 11 is 0. The minimum atomic E-state index is -4.84. The van der Waals surface area contributed by atoms with E-state index in [0.29, 0.717) is 12.6 Å².